The van der Waals surface area contributed by atoms with Gasteiger partial charge in [-0.05, 0) is 49.4 Å². The summed E-state index contributed by atoms with van der Waals surface area (Å²) in [5, 5.41) is 3.44. The molecule has 1 aromatic carbocycles. The normalized spacial score (nSPS) is 21.1. The molecule has 4 heterocycles. The van der Waals surface area contributed by atoms with Gasteiger partial charge in [0.05, 0.1) is 18.7 Å². The minimum absolute atomic E-state index is 0.174. The summed E-state index contributed by atoms with van der Waals surface area (Å²) in [4.78, 5) is 24.4. The van der Waals surface area contributed by atoms with E-state index in [4.69, 9.17) is 9.72 Å². The van der Waals surface area contributed by atoms with Crippen molar-refractivity contribution < 1.29 is 9.53 Å². The van der Waals surface area contributed by atoms with Gasteiger partial charge in [-0.1, -0.05) is 12.1 Å². The molecule has 29 heavy (non-hydrogen) atoms. The highest BCUT2D eigenvalue weighted by atomic mass is 16.5. The van der Waals surface area contributed by atoms with Crippen molar-refractivity contribution in [3.05, 3.63) is 52.6 Å². The van der Waals surface area contributed by atoms with Crippen LogP contribution in [-0.2, 0) is 30.6 Å². The Hall–Kier alpha value is -2.47. The Kier molecular flexibility index (Phi) is 5.19. The molecule has 1 amide bonds. The van der Waals surface area contributed by atoms with Crippen LogP contribution in [0.25, 0.3) is 0 Å². The predicted molar refractivity (Wildman–Crippen MR) is 110 cm³/mol. The second kappa shape index (κ2) is 8.11. The lowest BCUT2D eigenvalue weighted by Crippen LogP contribution is -2.38. The fraction of sp³-hybridized carbons (Fsp3) is 0.522. The van der Waals surface area contributed by atoms with E-state index in [1.165, 1.54) is 12.0 Å². The average Bonchev–Trinajstić information content (AvgIpc) is 2.79. The van der Waals surface area contributed by atoms with Gasteiger partial charge in [0.1, 0.15) is 11.6 Å². The summed E-state index contributed by atoms with van der Waals surface area (Å²) in [5.41, 5.74) is 4.51. The number of ether oxygens (including phenoxy) is 1. The molecular formula is C23H28N4O2. The van der Waals surface area contributed by atoms with Gasteiger partial charge in [-0.3, -0.25) is 4.79 Å². The molecule has 1 N–H and O–H groups in total. The second-order valence-corrected chi connectivity index (χ2v) is 8.38. The summed E-state index contributed by atoms with van der Waals surface area (Å²) in [5.74, 6) is 2.53. The maximum absolute atomic E-state index is 12.9. The Morgan fingerprint density at radius 2 is 2.21 bits per heavy atom. The lowest BCUT2D eigenvalue weighted by Gasteiger charge is -2.29. The Morgan fingerprint density at radius 1 is 1.24 bits per heavy atom. The number of hydrogen-bond donors (Lipinski definition) is 1. The van der Waals surface area contributed by atoms with Crippen LogP contribution in [0.2, 0.25) is 0 Å². The fourth-order valence-electron chi connectivity index (χ4n) is 4.62. The maximum atomic E-state index is 12.9. The maximum Gasteiger partial charge on any atom is 0.227 e. The van der Waals surface area contributed by atoms with E-state index in [1.54, 1.807) is 0 Å². The van der Waals surface area contributed by atoms with Crippen molar-refractivity contribution in [2.75, 3.05) is 26.2 Å². The van der Waals surface area contributed by atoms with Crippen molar-refractivity contribution >= 4 is 5.91 Å². The molecule has 152 valence electrons. The number of aromatic nitrogens is 2. The molecule has 1 fully saturated rings. The van der Waals surface area contributed by atoms with Gasteiger partial charge in [-0.2, -0.15) is 0 Å². The summed E-state index contributed by atoms with van der Waals surface area (Å²) < 4.78 is 5.68. The van der Waals surface area contributed by atoms with Gasteiger partial charge in [-0.15, -0.1) is 0 Å². The standard InChI is InChI=1S/C23H28N4O2/c28-22(12-16-5-6-21-17(11-16)4-2-10-29-21)27-9-7-20-19(15-27)14-25-23(26-20)18-3-1-8-24-13-18/h5-6,11,14,18,24H,1-4,7-10,12-13,15H2. The van der Waals surface area contributed by atoms with Crippen molar-refractivity contribution in [1.82, 2.24) is 20.2 Å². The summed E-state index contributed by atoms with van der Waals surface area (Å²) in [7, 11) is 0. The van der Waals surface area contributed by atoms with Crippen molar-refractivity contribution in [2.24, 2.45) is 0 Å². The van der Waals surface area contributed by atoms with E-state index in [1.807, 2.05) is 23.2 Å². The quantitative estimate of drug-likeness (QED) is 0.869. The molecule has 0 radical (unpaired) electrons. The van der Waals surface area contributed by atoms with Crippen LogP contribution >= 0.6 is 0 Å². The van der Waals surface area contributed by atoms with Crippen LogP contribution in [0.3, 0.4) is 0 Å². The van der Waals surface area contributed by atoms with Crippen LogP contribution in [-0.4, -0.2) is 47.0 Å². The molecule has 6 heteroatoms. The Labute approximate surface area is 171 Å². The topological polar surface area (TPSA) is 67.3 Å². The number of nitrogens with zero attached hydrogens (tertiary/aromatic N) is 3. The fourth-order valence-corrected chi connectivity index (χ4v) is 4.62. The van der Waals surface area contributed by atoms with E-state index in [0.29, 0.717) is 18.9 Å². The number of fused-ring (bicyclic) bond motifs is 2. The van der Waals surface area contributed by atoms with Gasteiger partial charge in [-0.25, -0.2) is 9.97 Å². The zero-order valence-corrected chi connectivity index (χ0v) is 16.8. The molecule has 0 spiro atoms. The Balaban J connectivity index is 1.25. The third-order valence-corrected chi connectivity index (χ3v) is 6.30. The SMILES string of the molecule is O=C(Cc1ccc2c(c1)CCCO2)N1CCc2nc(C3CCCNC3)ncc2C1. The molecule has 1 aromatic heterocycles. The first kappa shape index (κ1) is 18.6. The number of amides is 1. The van der Waals surface area contributed by atoms with Gasteiger partial charge in [0, 0.05) is 43.7 Å². The highest BCUT2D eigenvalue weighted by Gasteiger charge is 2.25. The molecule has 0 saturated carbocycles. The zero-order chi connectivity index (χ0) is 19.6. The monoisotopic (exact) mass is 392 g/mol. The molecule has 5 rings (SSSR count). The number of hydrogen-bond acceptors (Lipinski definition) is 5. The van der Waals surface area contributed by atoms with E-state index >= 15 is 0 Å². The average molecular weight is 393 g/mol. The molecule has 1 atom stereocenters. The second-order valence-electron chi connectivity index (χ2n) is 8.38. The Morgan fingerprint density at radius 3 is 3.10 bits per heavy atom. The first-order chi connectivity index (χ1) is 14.3. The molecular weight excluding hydrogens is 364 g/mol. The van der Waals surface area contributed by atoms with Gasteiger partial charge in [0.2, 0.25) is 5.91 Å². The number of piperidine rings is 1. The van der Waals surface area contributed by atoms with Crippen LogP contribution in [0.15, 0.2) is 24.4 Å². The van der Waals surface area contributed by atoms with Gasteiger partial charge < -0.3 is 15.0 Å². The molecule has 1 saturated heterocycles. The van der Waals surface area contributed by atoms with Gasteiger partial charge in [0.15, 0.2) is 0 Å². The summed E-state index contributed by atoms with van der Waals surface area (Å²) >= 11 is 0. The minimum Gasteiger partial charge on any atom is -0.493 e. The number of carbonyl (C=O) groups excluding carboxylic acids is 1. The van der Waals surface area contributed by atoms with Crippen molar-refractivity contribution in [3.8, 4) is 5.75 Å². The smallest absolute Gasteiger partial charge is 0.227 e. The van der Waals surface area contributed by atoms with Gasteiger partial charge >= 0.3 is 0 Å². The molecule has 3 aliphatic heterocycles. The molecule has 0 bridgehead atoms. The number of carbonyl (C=O) groups is 1. The molecule has 6 nitrogen and oxygen atoms in total. The predicted octanol–water partition coefficient (Wildman–Crippen LogP) is 2.40. The molecule has 0 aliphatic carbocycles. The van der Waals surface area contributed by atoms with E-state index in [-0.39, 0.29) is 5.91 Å². The third kappa shape index (κ3) is 3.99. The van der Waals surface area contributed by atoms with Crippen molar-refractivity contribution in [1.29, 1.82) is 0 Å². The number of aryl methyl sites for hydroxylation is 1. The highest BCUT2D eigenvalue weighted by Crippen LogP contribution is 2.27. The first-order valence-corrected chi connectivity index (χ1v) is 10.8. The lowest BCUT2D eigenvalue weighted by atomic mass is 9.98. The highest BCUT2D eigenvalue weighted by molar-refractivity contribution is 5.79. The van der Waals surface area contributed by atoms with Crippen LogP contribution in [0.5, 0.6) is 5.75 Å². The summed E-state index contributed by atoms with van der Waals surface area (Å²) in [6, 6.07) is 6.17. The summed E-state index contributed by atoms with van der Waals surface area (Å²) in [6.07, 6.45) is 7.62. The molecule has 3 aliphatic rings. The number of benzene rings is 1. The first-order valence-electron chi connectivity index (χ1n) is 10.8. The van der Waals surface area contributed by atoms with E-state index in [2.05, 4.69) is 16.4 Å². The zero-order valence-electron chi connectivity index (χ0n) is 16.8. The van der Waals surface area contributed by atoms with Gasteiger partial charge in [0.25, 0.3) is 0 Å². The summed E-state index contributed by atoms with van der Waals surface area (Å²) in [6.45, 7) is 4.20. The van der Waals surface area contributed by atoms with Crippen molar-refractivity contribution in [2.45, 2.75) is 51.0 Å². The number of nitrogens with one attached hydrogen (secondary N) is 1. The largest absolute Gasteiger partial charge is 0.493 e. The van der Waals surface area contributed by atoms with E-state index in [0.717, 1.165) is 80.3 Å². The van der Waals surface area contributed by atoms with E-state index < -0.39 is 0 Å². The van der Waals surface area contributed by atoms with Crippen LogP contribution < -0.4 is 10.1 Å². The third-order valence-electron chi connectivity index (χ3n) is 6.30. The van der Waals surface area contributed by atoms with E-state index in [9.17, 15) is 4.79 Å². The molecule has 1 unspecified atom stereocenters. The lowest BCUT2D eigenvalue weighted by molar-refractivity contribution is -0.131. The van der Waals surface area contributed by atoms with Crippen molar-refractivity contribution in [3.63, 3.8) is 0 Å². The molecule has 2 aromatic rings. The Bertz CT molecular complexity index is 908. The minimum atomic E-state index is 0.174. The van der Waals surface area contributed by atoms with Crippen LogP contribution in [0.4, 0.5) is 0 Å². The van der Waals surface area contributed by atoms with Crippen LogP contribution in [0.1, 0.15) is 53.4 Å². The van der Waals surface area contributed by atoms with Crippen LogP contribution in [0, 0.1) is 0 Å². The number of rotatable bonds is 3.